The Bertz CT molecular complexity index is 645. The molecule has 1 aliphatic carbocycles. The zero-order valence-corrected chi connectivity index (χ0v) is 17.8. The first kappa shape index (κ1) is 26.7. The van der Waals surface area contributed by atoms with Crippen LogP contribution < -0.4 is 10.6 Å². The Hall–Kier alpha value is -2.32. The van der Waals surface area contributed by atoms with Crippen molar-refractivity contribution in [1.29, 1.82) is 0 Å². The molecule has 5 N–H and O–H groups in total. The standard InChI is InChI=1S/C16H23ClN2O4.C4H8O2/c1-9(2)13(15(22)18-8-10(3)20)19-16(23)14(21)11-4-6-12(17)7-5-11;1-2-3-4(5)6/h4,6-7,9,11,13-14,20-21H,3,5,8H2,1-2H3,(H,18,22)(H,19,23);2-3H2,1H3,(H,5,6)/t11?,13-,14?;/m0./s1. The number of aliphatic carboxylic acids is 1. The van der Waals surface area contributed by atoms with Gasteiger partial charge in [-0.2, -0.15) is 0 Å². The molecule has 3 atom stereocenters. The van der Waals surface area contributed by atoms with Gasteiger partial charge in [0, 0.05) is 17.4 Å². The largest absolute Gasteiger partial charge is 0.511 e. The molecule has 0 aromatic rings. The highest BCUT2D eigenvalue weighted by atomic mass is 35.5. The number of halogens is 1. The first-order chi connectivity index (χ1) is 13.5. The minimum atomic E-state index is -1.27. The summed E-state index contributed by atoms with van der Waals surface area (Å²) in [5, 5.41) is 32.7. The predicted molar refractivity (Wildman–Crippen MR) is 111 cm³/mol. The lowest BCUT2D eigenvalue weighted by molar-refractivity contribution is -0.137. The van der Waals surface area contributed by atoms with Gasteiger partial charge >= 0.3 is 5.97 Å². The lowest BCUT2D eigenvalue weighted by Gasteiger charge is -2.25. The molecule has 2 unspecified atom stereocenters. The molecule has 0 radical (unpaired) electrons. The molecule has 1 rings (SSSR count). The van der Waals surface area contributed by atoms with Crippen molar-refractivity contribution in [3.05, 3.63) is 35.6 Å². The Balaban J connectivity index is 0.00000113. The smallest absolute Gasteiger partial charge is 0.303 e. The first-order valence-electron chi connectivity index (χ1n) is 9.38. The Morgan fingerprint density at radius 3 is 2.28 bits per heavy atom. The maximum atomic E-state index is 12.2. The summed E-state index contributed by atoms with van der Waals surface area (Å²) in [5.41, 5.74) is 0. The molecular weight excluding hydrogens is 400 g/mol. The van der Waals surface area contributed by atoms with Gasteiger partial charge in [-0.1, -0.05) is 51.1 Å². The molecule has 0 aromatic carbocycles. The molecule has 0 saturated heterocycles. The molecule has 0 fully saturated rings. The molecule has 0 aliphatic heterocycles. The summed E-state index contributed by atoms with van der Waals surface area (Å²) in [6.45, 7) is 8.57. The van der Waals surface area contributed by atoms with Crippen molar-refractivity contribution in [2.24, 2.45) is 11.8 Å². The van der Waals surface area contributed by atoms with Crippen LogP contribution in [0.5, 0.6) is 0 Å². The summed E-state index contributed by atoms with van der Waals surface area (Å²) < 4.78 is 0. The van der Waals surface area contributed by atoms with E-state index in [0.717, 1.165) is 6.42 Å². The van der Waals surface area contributed by atoms with Crippen molar-refractivity contribution in [2.75, 3.05) is 6.54 Å². The fraction of sp³-hybridized carbons (Fsp3) is 0.550. The molecule has 2 amide bonds. The Kier molecular flexibility index (Phi) is 12.7. The fourth-order valence-corrected chi connectivity index (χ4v) is 2.49. The highest BCUT2D eigenvalue weighted by Gasteiger charge is 2.30. The first-order valence-corrected chi connectivity index (χ1v) is 9.75. The second-order valence-corrected chi connectivity index (χ2v) is 7.39. The van der Waals surface area contributed by atoms with Crippen LogP contribution in [0.15, 0.2) is 35.6 Å². The summed E-state index contributed by atoms with van der Waals surface area (Å²) in [6, 6.07) is -0.816. The van der Waals surface area contributed by atoms with E-state index in [4.69, 9.17) is 21.8 Å². The van der Waals surface area contributed by atoms with Crippen molar-refractivity contribution in [3.63, 3.8) is 0 Å². The highest BCUT2D eigenvalue weighted by molar-refractivity contribution is 6.31. The van der Waals surface area contributed by atoms with Crippen LogP contribution in [-0.4, -0.2) is 51.8 Å². The minimum Gasteiger partial charge on any atom is -0.511 e. The van der Waals surface area contributed by atoms with Gasteiger partial charge < -0.3 is 26.0 Å². The molecular formula is C20H31ClN2O6. The molecule has 164 valence electrons. The summed E-state index contributed by atoms with van der Waals surface area (Å²) in [4.78, 5) is 33.9. The molecule has 9 heteroatoms. The van der Waals surface area contributed by atoms with E-state index in [1.54, 1.807) is 32.1 Å². The van der Waals surface area contributed by atoms with Crippen LogP contribution in [0.4, 0.5) is 0 Å². The highest BCUT2D eigenvalue weighted by Crippen LogP contribution is 2.22. The Labute approximate surface area is 176 Å². The topological polar surface area (TPSA) is 136 Å². The molecule has 1 aliphatic rings. The van der Waals surface area contributed by atoms with Crippen LogP contribution in [0.3, 0.4) is 0 Å². The number of carboxylic acids is 1. The second-order valence-electron chi connectivity index (χ2n) is 6.95. The zero-order valence-electron chi connectivity index (χ0n) is 17.0. The van der Waals surface area contributed by atoms with Crippen LogP contribution in [0.1, 0.15) is 40.0 Å². The third kappa shape index (κ3) is 11.3. The molecule has 8 nitrogen and oxygen atoms in total. The van der Waals surface area contributed by atoms with Gasteiger partial charge in [-0.15, -0.1) is 0 Å². The number of carbonyl (C=O) groups is 3. The maximum Gasteiger partial charge on any atom is 0.303 e. The van der Waals surface area contributed by atoms with Gasteiger partial charge in [0.15, 0.2) is 0 Å². The summed E-state index contributed by atoms with van der Waals surface area (Å²) in [6.07, 6.45) is 5.23. The van der Waals surface area contributed by atoms with Crippen LogP contribution in [-0.2, 0) is 14.4 Å². The van der Waals surface area contributed by atoms with Crippen molar-refractivity contribution in [2.45, 2.75) is 52.2 Å². The molecule has 0 heterocycles. The van der Waals surface area contributed by atoms with Gasteiger partial charge in [-0.25, -0.2) is 0 Å². The lowest BCUT2D eigenvalue weighted by Crippen LogP contribution is -2.53. The number of aliphatic hydroxyl groups is 2. The molecule has 29 heavy (non-hydrogen) atoms. The van der Waals surface area contributed by atoms with E-state index in [1.807, 2.05) is 6.92 Å². The van der Waals surface area contributed by atoms with Crippen LogP contribution >= 0.6 is 11.6 Å². The third-order valence-electron chi connectivity index (χ3n) is 3.94. The number of nitrogens with one attached hydrogen (secondary N) is 2. The number of carboxylic acid groups (broad SMARTS) is 1. The number of aliphatic hydroxyl groups excluding tert-OH is 2. The van der Waals surface area contributed by atoms with E-state index in [1.165, 1.54) is 0 Å². The Morgan fingerprint density at radius 1 is 1.28 bits per heavy atom. The molecule has 0 aromatic heterocycles. The molecule has 0 bridgehead atoms. The van der Waals surface area contributed by atoms with Crippen molar-refractivity contribution < 1.29 is 29.7 Å². The number of hydrogen-bond acceptors (Lipinski definition) is 5. The minimum absolute atomic E-state index is 0.0882. The van der Waals surface area contributed by atoms with Crippen molar-refractivity contribution in [1.82, 2.24) is 10.6 Å². The quantitative estimate of drug-likeness (QED) is 0.356. The zero-order chi connectivity index (χ0) is 22.6. The molecule has 0 saturated carbocycles. The average Bonchev–Trinajstić information content (AvgIpc) is 2.64. The summed E-state index contributed by atoms with van der Waals surface area (Å²) in [5.74, 6) is -2.53. The van der Waals surface area contributed by atoms with E-state index in [-0.39, 0.29) is 24.1 Å². The SMILES string of the molecule is C=C(O)CNC(=O)[C@@H](NC(=O)C(O)C1C=CC(Cl)=CC1)C(C)C.CCCC(=O)O. The number of allylic oxidation sites excluding steroid dienone is 3. The van der Waals surface area contributed by atoms with Crippen LogP contribution in [0.2, 0.25) is 0 Å². The fourth-order valence-electron chi connectivity index (χ4n) is 2.33. The van der Waals surface area contributed by atoms with E-state index in [9.17, 15) is 19.5 Å². The van der Waals surface area contributed by atoms with Gasteiger partial charge in [-0.05, 0) is 24.8 Å². The average molecular weight is 431 g/mol. The lowest BCUT2D eigenvalue weighted by atomic mass is 9.93. The number of carbonyl (C=O) groups excluding carboxylic acids is 2. The Morgan fingerprint density at radius 2 is 1.90 bits per heavy atom. The van der Waals surface area contributed by atoms with Crippen molar-refractivity contribution in [3.8, 4) is 0 Å². The van der Waals surface area contributed by atoms with E-state index >= 15 is 0 Å². The normalized spacial score (nSPS) is 17.3. The van der Waals surface area contributed by atoms with E-state index in [2.05, 4.69) is 17.2 Å². The van der Waals surface area contributed by atoms with Gasteiger partial charge in [0.2, 0.25) is 11.8 Å². The van der Waals surface area contributed by atoms with E-state index in [0.29, 0.717) is 17.9 Å². The van der Waals surface area contributed by atoms with Gasteiger partial charge in [0.25, 0.3) is 0 Å². The van der Waals surface area contributed by atoms with Crippen LogP contribution in [0.25, 0.3) is 0 Å². The second kappa shape index (κ2) is 13.8. The van der Waals surface area contributed by atoms with Gasteiger partial charge in [-0.3, -0.25) is 14.4 Å². The van der Waals surface area contributed by atoms with Gasteiger partial charge in [0.1, 0.15) is 17.9 Å². The predicted octanol–water partition coefficient (Wildman–Crippen LogP) is 2.25. The number of amides is 2. The monoisotopic (exact) mass is 430 g/mol. The number of hydrogen-bond donors (Lipinski definition) is 5. The number of rotatable bonds is 9. The summed E-state index contributed by atoms with van der Waals surface area (Å²) in [7, 11) is 0. The summed E-state index contributed by atoms with van der Waals surface area (Å²) >= 11 is 5.81. The van der Waals surface area contributed by atoms with Gasteiger partial charge in [0.05, 0.1) is 6.54 Å². The third-order valence-corrected chi connectivity index (χ3v) is 4.22. The maximum absolute atomic E-state index is 12.2. The molecule has 0 spiro atoms. The van der Waals surface area contributed by atoms with Crippen molar-refractivity contribution >= 4 is 29.4 Å². The van der Waals surface area contributed by atoms with Crippen LogP contribution in [0, 0.1) is 11.8 Å². The van der Waals surface area contributed by atoms with E-state index < -0.39 is 29.9 Å².